The first-order valence-electron chi connectivity index (χ1n) is 10.1. The van der Waals surface area contributed by atoms with Crippen LogP contribution in [0, 0.1) is 29.9 Å². The van der Waals surface area contributed by atoms with E-state index >= 15 is 0 Å². The van der Waals surface area contributed by atoms with E-state index in [0.29, 0.717) is 25.9 Å². The fourth-order valence-electron chi connectivity index (χ4n) is 5.00. The van der Waals surface area contributed by atoms with Crippen molar-refractivity contribution in [2.45, 2.75) is 64.0 Å². The Balaban J connectivity index is 1.45. The Morgan fingerprint density at radius 3 is 2.25 bits per heavy atom. The highest BCUT2D eigenvalue weighted by atomic mass is 19.2. The van der Waals surface area contributed by atoms with E-state index in [2.05, 4.69) is 4.98 Å². The van der Waals surface area contributed by atoms with Crippen molar-refractivity contribution in [1.82, 2.24) is 9.88 Å². The second kappa shape index (κ2) is 7.21. The Kier molecular flexibility index (Phi) is 5.02. The number of hydrogen-bond donors (Lipinski definition) is 1. The van der Waals surface area contributed by atoms with Gasteiger partial charge in [-0.25, -0.2) is 8.78 Å². The predicted octanol–water partition coefficient (Wildman–Crippen LogP) is 2.93. The molecule has 3 fully saturated rings. The highest BCUT2D eigenvalue weighted by Crippen LogP contribution is 2.44. The summed E-state index contributed by atoms with van der Waals surface area (Å²) in [6.07, 6.45) is 4.74. The second-order valence-corrected chi connectivity index (χ2v) is 8.46. The minimum absolute atomic E-state index is 0.156. The lowest BCUT2D eigenvalue weighted by atomic mass is 9.77. The number of amides is 1. The van der Waals surface area contributed by atoms with E-state index in [1.165, 1.54) is 6.92 Å². The summed E-state index contributed by atoms with van der Waals surface area (Å²) in [7, 11) is 0. The average molecular weight is 397 g/mol. The van der Waals surface area contributed by atoms with Crippen LogP contribution in [-0.2, 0) is 4.79 Å². The first-order valence-corrected chi connectivity index (χ1v) is 10.1. The molecule has 8 heteroatoms. The Bertz CT molecular complexity index is 772. The Hall–Kier alpha value is -1.83. The number of likely N-dealkylation sites (tertiary alicyclic amines) is 1. The van der Waals surface area contributed by atoms with Crippen molar-refractivity contribution in [3.05, 3.63) is 23.1 Å². The van der Waals surface area contributed by atoms with E-state index in [1.807, 2.05) is 4.90 Å². The van der Waals surface area contributed by atoms with Crippen molar-refractivity contribution in [2.75, 3.05) is 24.5 Å². The van der Waals surface area contributed by atoms with Gasteiger partial charge < -0.3 is 14.9 Å². The van der Waals surface area contributed by atoms with Crippen molar-refractivity contribution in [2.24, 2.45) is 5.41 Å². The smallest absolute Gasteiger partial charge is 0.251 e. The summed E-state index contributed by atoms with van der Waals surface area (Å²) in [4.78, 5) is 20.2. The molecule has 4 rings (SSSR count). The molecular weight excluding hydrogens is 371 g/mol. The van der Waals surface area contributed by atoms with Crippen LogP contribution < -0.4 is 4.90 Å². The second-order valence-electron chi connectivity index (χ2n) is 8.46. The number of aromatic nitrogens is 1. The van der Waals surface area contributed by atoms with Gasteiger partial charge in [-0.3, -0.25) is 4.79 Å². The zero-order valence-electron chi connectivity index (χ0n) is 16.1. The molecule has 1 aliphatic carbocycles. The van der Waals surface area contributed by atoms with Crippen LogP contribution >= 0.6 is 0 Å². The Morgan fingerprint density at radius 2 is 1.61 bits per heavy atom. The largest absolute Gasteiger partial charge is 0.393 e. The lowest BCUT2D eigenvalue weighted by Gasteiger charge is -2.40. The molecule has 3 heterocycles. The number of rotatable bonds is 2. The summed E-state index contributed by atoms with van der Waals surface area (Å²) in [5, 5.41) is 9.70. The highest BCUT2D eigenvalue weighted by molar-refractivity contribution is 5.85. The number of hydrogen-bond acceptors (Lipinski definition) is 4. The summed E-state index contributed by atoms with van der Waals surface area (Å²) in [6, 6.07) is 0.196. The number of pyridine rings is 1. The molecule has 2 aliphatic heterocycles. The lowest BCUT2D eigenvalue weighted by molar-refractivity contribution is -0.139. The molecule has 1 amide bonds. The maximum absolute atomic E-state index is 14.4. The van der Waals surface area contributed by atoms with Crippen LogP contribution in [0.5, 0.6) is 0 Å². The van der Waals surface area contributed by atoms with Crippen LogP contribution in [-0.4, -0.2) is 52.7 Å². The first-order chi connectivity index (χ1) is 13.3. The molecule has 1 aromatic rings. The summed E-state index contributed by atoms with van der Waals surface area (Å²) in [6.45, 7) is 2.69. The third kappa shape index (κ3) is 3.15. The Labute approximate surface area is 162 Å². The van der Waals surface area contributed by atoms with Gasteiger partial charge in [-0.1, -0.05) is 0 Å². The third-order valence-corrected chi connectivity index (χ3v) is 6.91. The van der Waals surface area contributed by atoms with Gasteiger partial charge in [0.25, 0.3) is 5.95 Å². The van der Waals surface area contributed by atoms with Crippen LogP contribution in [0.25, 0.3) is 0 Å². The number of aliphatic hydroxyl groups excluding tert-OH is 1. The summed E-state index contributed by atoms with van der Waals surface area (Å²) >= 11 is 0. The van der Waals surface area contributed by atoms with Crippen molar-refractivity contribution in [3.63, 3.8) is 0 Å². The van der Waals surface area contributed by atoms with Gasteiger partial charge in [0, 0.05) is 31.2 Å². The predicted molar refractivity (Wildman–Crippen MR) is 97.3 cm³/mol. The van der Waals surface area contributed by atoms with Gasteiger partial charge in [0.2, 0.25) is 5.91 Å². The summed E-state index contributed by atoms with van der Waals surface area (Å²) in [5.74, 6) is -3.40. The monoisotopic (exact) mass is 397 g/mol. The molecule has 0 radical (unpaired) electrons. The van der Waals surface area contributed by atoms with Gasteiger partial charge in [0.05, 0.1) is 11.5 Å². The van der Waals surface area contributed by atoms with Crippen LogP contribution in [0.1, 0.15) is 50.5 Å². The highest BCUT2D eigenvalue weighted by Gasteiger charge is 2.50. The van der Waals surface area contributed by atoms with Gasteiger partial charge in [-0.15, -0.1) is 0 Å². The van der Waals surface area contributed by atoms with Gasteiger partial charge in [-0.2, -0.15) is 9.37 Å². The zero-order chi connectivity index (χ0) is 20.1. The molecule has 3 aliphatic rings. The minimum atomic E-state index is -1.29. The molecule has 154 valence electrons. The van der Waals surface area contributed by atoms with Crippen molar-refractivity contribution < 1.29 is 23.1 Å². The van der Waals surface area contributed by atoms with Gasteiger partial charge in [0.15, 0.2) is 17.5 Å². The fourth-order valence-corrected chi connectivity index (χ4v) is 5.00. The van der Waals surface area contributed by atoms with E-state index in [4.69, 9.17) is 0 Å². The molecule has 0 bridgehead atoms. The molecule has 1 N–H and O–H groups in total. The van der Waals surface area contributed by atoms with Crippen molar-refractivity contribution in [1.29, 1.82) is 0 Å². The molecular formula is C20H26F3N3O2. The fraction of sp³-hybridized carbons (Fsp3) is 0.700. The molecule has 1 aromatic heterocycles. The van der Waals surface area contributed by atoms with Crippen LogP contribution in [0.15, 0.2) is 0 Å². The number of piperidine rings is 1. The number of carbonyl (C=O) groups excluding carboxylic acids is 1. The molecule has 2 saturated heterocycles. The molecule has 5 nitrogen and oxygen atoms in total. The summed E-state index contributed by atoms with van der Waals surface area (Å²) < 4.78 is 41.6. The Morgan fingerprint density at radius 1 is 1.00 bits per heavy atom. The number of aliphatic hydroxyl groups is 1. The van der Waals surface area contributed by atoms with Crippen LogP contribution in [0.3, 0.4) is 0 Å². The topological polar surface area (TPSA) is 56.7 Å². The van der Waals surface area contributed by atoms with Crippen LogP contribution in [0.4, 0.5) is 19.0 Å². The molecule has 0 aromatic carbocycles. The van der Waals surface area contributed by atoms with E-state index in [9.17, 15) is 23.1 Å². The number of anilines is 1. The third-order valence-electron chi connectivity index (χ3n) is 6.91. The van der Waals surface area contributed by atoms with Gasteiger partial charge >= 0.3 is 0 Å². The maximum atomic E-state index is 14.4. The van der Waals surface area contributed by atoms with E-state index in [-0.39, 0.29) is 29.4 Å². The van der Waals surface area contributed by atoms with Crippen LogP contribution in [0.2, 0.25) is 0 Å². The molecule has 28 heavy (non-hydrogen) atoms. The molecule has 1 spiro atoms. The van der Waals surface area contributed by atoms with E-state index in [1.54, 1.807) is 4.90 Å². The normalized spacial score (nSPS) is 27.7. The zero-order valence-corrected chi connectivity index (χ0v) is 16.1. The minimum Gasteiger partial charge on any atom is -0.393 e. The van der Waals surface area contributed by atoms with E-state index < -0.39 is 23.0 Å². The molecule has 0 unspecified atom stereocenters. The van der Waals surface area contributed by atoms with Gasteiger partial charge in [-0.05, 0) is 51.9 Å². The summed E-state index contributed by atoms with van der Waals surface area (Å²) in [5.41, 5.74) is -0.818. The number of carbonyl (C=O) groups is 1. The first kappa shape index (κ1) is 19.5. The maximum Gasteiger partial charge on any atom is 0.251 e. The SMILES string of the molecule is Cc1c(F)c(F)nc(N2CCC3(CC2)CCN(C2CCC(O)CC2)C3=O)c1F. The van der Waals surface area contributed by atoms with Crippen molar-refractivity contribution >= 4 is 11.7 Å². The standard InChI is InChI=1S/C20H26F3N3O2/c1-12-15(21)17(23)24-18(16(12)22)25-9-6-20(7-10-25)8-11-26(19(20)28)13-2-4-14(27)5-3-13/h13-14,27H,2-11H2,1H3. The number of halogens is 3. The van der Waals surface area contributed by atoms with Crippen molar-refractivity contribution in [3.8, 4) is 0 Å². The van der Waals surface area contributed by atoms with Gasteiger partial charge in [0.1, 0.15) is 0 Å². The number of nitrogens with zero attached hydrogens (tertiary/aromatic N) is 3. The quantitative estimate of drug-likeness (QED) is 0.780. The average Bonchev–Trinajstić information content (AvgIpc) is 3.01. The molecule has 1 saturated carbocycles. The lowest BCUT2D eigenvalue weighted by Crippen LogP contribution is -2.48. The molecule has 0 atom stereocenters. The van der Waals surface area contributed by atoms with E-state index in [0.717, 1.165) is 38.6 Å².